The topological polar surface area (TPSA) is 21.7 Å². The highest BCUT2D eigenvalue weighted by molar-refractivity contribution is 5.26. The van der Waals surface area contributed by atoms with E-state index >= 15 is 0 Å². The van der Waals surface area contributed by atoms with Gasteiger partial charge in [-0.05, 0) is 24.2 Å². The Morgan fingerprint density at radius 1 is 1.06 bits per heavy atom. The van der Waals surface area contributed by atoms with Crippen molar-refractivity contribution in [1.29, 1.82) is 0 Å². The molecule has 0 bridgehead atoms. The first-order valence-electron chi connectivity index (χ1n) is 6.35. The van der Waals surface area contributed by atoms with Crippen LogP contribution in [0.3, 0.4) is 0 Å². The minimum atomic E-state index is -0.109. The second-order valence-corrected chi connectivity index (χ2v) is 4.31. The molecule has 1 aromatic rings. The highest BCUT2D eigenvalue weighted by Gasteiger charge is 2.18. The molecular weight excluding hydrogens is 214 g/mol. The Balaban J connectivity index is 1.95. The zero-order valence-corrected chi connectivity index (χ0v) is 10.7. The fraction of sp³-hybridized carbons (Fsp3) is 0.571. The predicted octanol–water partition coefficient (Wildman–Crippen LogP) is 2.40. The number of hydrogen-bond acceptors (Lipinski definition) is 3. The molecule has 3 heteroatoms. The van der Waals surface area contributed by atoms with E-state index in [1.165, 1.54) is 11.1 Å². The molecule has 3 nitrogen and oxygen atoms in total. The van der Waals surface area contributed by atoms with Crippen LogP contribution < -0.4 is 0 Å². The number of benzene rings is 1. The molecule has 0 saturated carbocycles. The lowest BCUT2D eigenvalue weighted by atomic mass is 10.1. The van der Waals surface area contributed by atoms with Crippen molar-refractivity contribution in [2.75, 3.05) is 19.6 Å². The highest BCUT2D eigenvalue weighted by atomic mass is 16.7. The summed E-state index contributed by atoms with van der Waals surface area (Å²) in [7, 11) is 0. The Kier molecular flexibility index (Phi) is 4.54. The number of hydrogen-bond donors (Lipinski definition) is 0. The van der Waals surface area contributed by atoms with Crippen LogP contribution in [0.1, 0.15) is 25.0 Å². The van der Waals surface area contributed by atoms with Crippen LogP contribution in [0, 0.1) is 0 Å². The van der Waals surface area contributed by atoms with Gasteiger partial charge in [0.2, 0.25) is 0 Å². The van der Waals surface area contributed by atoms with Crippen LogP contribution in [-0.2, 0) is 22.7 Å². The van der Waals surface area contributed by atoms with Crippen molar-refractivity contribution in [1.82, 2.24) is 4.90 Å². The summed E-state index contributed by atoms with van der Waals surface area (Å²) in [5.41, 5.74) is 2.49. The maximum atomic E-state index is 5.80. The molecule has 0 N–H and O–H groups in total. The Morgan fingerprint density at radius 3 is 2.06 bits per heavy atom. The van der Waals surface area contributed by atoms with E-state index in [1.54, 1.807) is 0 Å². The average molecular weight is 235 g/mol. The third-order valence-corrected chi connectivity index (χ3v) is 3.27. The van der Waals surface area contributed by atoms with Crippen LogP contribution in [0.25, 0.3) is 0 Å². The minimum Gasteiger partial charge on any atom is -0.347 e. The number of ether oxygens (including phenoxy) is 2. The third kappa shape index (κ3) is 3.28. The highest BCUT2D eigenvalue weighted by Crippen LogP contribution is 2.18. The molecule has 94 valence electrons. The minimum absolute atomic E-state index is 0.109. The molecular formula is C14H21NO2. The number of nitrogens with zero attached hydrogens (tertiary/aromatic N) is 1. The van der Waals surface area contributed by atoms with Crippen molar-refractivity contribution in [3.63, 3.8) is 0 Å². The van der Waals surface area contributed by atoms with Crippen LogP contribution in [-0.4, -0.2) is 30.8 Å². The van der Waals surface area contributed by atoms with Crippen LogP contribution in [0.4, 0.5) is 0 Å². The Hall–Kier alpha value is -0.900. The molecule has 0 fully saturated rings. The molecule has 17 heavy (non-hydrogen) atoms. The molecule has 1 heterocycles. The average Bonchev–Trinajstić information content (AvgIpc) is 2.58. The van der Waals surface area contributed by atoms with Crippen LogP contribution in [0.15, 0.2) is 24.3 Å². The van der Waals surface area contributed by atoms with Crippen molar-refractivity contribution in [3.05, 3.63) is 35.4 Å². The summed E-state index contributed by atoms with van der Waals surface area (Å²) in [6.45, 7) is 8.55. The van der Waals surface area contributed by atoms with Gasteiger partial charge in [0, 0.05) is 6.54 Å². The first-order chi connectivity index (χ1) is 8.33. The van der Waals surface area contributed by atoms with E-state index in [2.05, 4.69) is 30.9 Å². The summed E-state index contributed by atoms with van der Waals surface area (Å²) in [6.07, 6.45) is -0.109. The lowest BCUT2D eigenvalue weighted by Gasteiger charge is -2.24. The molecule has 0 aromatic heterocycles. The van der Waals surface area contributed by atoms with E-state index in [0.29, 0.717) is 13.2 Å². The fourth-order valence-corrected chi connectivity index (χ4v) is 2.05. The lowest BCUT2D eigenvalue weighted by Crippen LogP contribution is -2.34. The molecule has 1 aliphatic rings. The summed E-state index contributed by atoms with van der Waals surface area (Å²) < 4.78 is 11.6. The van der Waals surface area contributed by atoms with Gasteiger partial charge < -0.3 is 9.47 Å². The smallest absolute Gasteiger partial charge is 0.171 e. The van der Waals surface area contributed by atoms with Gasteiger partial charge in [-0.3, -0.25) is 4.90 Å². The summed E-state index contributed by atoms with van der Waals surface area (Å²) in [5, 5.41) is 0. The molecule has 1 aliphatic heterocycles. The van der Waals surface area contributed by atoms with Gasteiger partial charge >= 0.3 is 0 Å². The number of rotatable bonds is 4. The van der Waals surface area contributed by atoms with Gasteiger partial charge in [-0.2, -0.15) is 0 Å². The van der Waals surface area contributed by atoms with Gasteiger partial charge in [0.05, 0.1) is 13.2 Å². The van der Waals surface area contributed by atoms with E-state index in [0.717, 1.165) is 19.6 Å². The molecule has 0 saturated heterocycles. The molecule has 0 radical (unpaired) electrons. The van der Waals surface area contributed by atoms with Crippen molar-refractivity contribution in [3.8, 4) is 0 Å². The zero-order valence-electron chi connectivity index (χ0n) is 10.7. The molecule has 2 rings (SSSR count). The van der Waals surface area contributed by atoms with Crippen molar-refractivity contribution in [2.45, 2.75) is 33.4 Å². The van der Waals surface area contributed by atoms with E-state index in [-0.39, 0.29) is 6.29 Å². The van der Waals surface area contributed by atoms with Crippen molar-refractivity contribution >= 4 is 0 Å². The Bertz CT molecular complexity index is 323. The third-order valence-electron chi connectivity index (χ3n) is 3.27. The molecule has 1 aromatic carbocycles. The molecule has 0 amide bonds. The SMILES string of the molecule is CCN(CC)CC1OCc2ccccc2CO1. The fourth-order valence-electron chi connectivity index (χ4n) is 2.05. The van der Waals surface area contributed by atoms with E-state index in [9.17, 15) is 0 Å². The lowest BCUT2D eigenvalue weighted by molar-refractivity contribution is -0.158. The van der Waals surface area contributed by atoms with Crippen LogP contribution in [0.2, 0.25) is 0 Å². The van der Waals surface area contributed by atoms with E-state index in [1.807, 2.05) is 12.1 Å². The zero-order chi connectivity index (χ0) is 12.1. The molecule has 0 aliphatic carbocycles. The van der Waals surface area contributed by atoms with Crippen LogP contribution in [0.5, 0.6) is 0 Å². The maximum absolute atomic E-state index is 5.80. The van der Waals surface area contributed by atoms with E-state index in [4.69, 9.17) is 9.47 Å². The summed E-state index contributed by atoms with van der Waals surface area (Å²) >= 11 is 0. The second-order valence-electron chi connectivity index (χ2n) is 4.31. The summed E-state index contributed by atoms with van der Waals surface area (Å²) in [4.78, 5) is 2.32. The predicted molar refractivity (Wildman–Crippen MR) is 67.6 cm³/mol. The van der Waals surface area contributed by atoms with Crippen LogP contribution >= 0.6 is 0 Å². The number of likely N-dealkylation sites (N-methyl/N-ethyl adjacent to an activating group) is 1. The largest absolute Gasteiger partial charge is 0.347 e. The van der Waals surface area contributed by atoms with Crippen molar-refractivity contribution < 1.29 is 9.47 Å². The van der Waals surface area contributed by atoms with Gasteiger partial charge in [0.25, 0.3) is 0 Å². The standard InChI is InChI=1S/C14H21NO2/c1-3-15(4-2)9-14-16-10-12-7-5-6-8-13(12)11-17-14/h5-8,14H,3-4,9-11H2,1-2H3. The molecule has 0 atom stereocenters. The Morgan fingerprint density at radius 2 is 1.59 bits per heavy atom. The summed E-state index contributed by atoms with van der Waals surface area (Å²) in [5.74, 6) is 0. The van der Waals surface area contributed by atoms with Gasteiger partial charge in [-0.25, -0.2) is 0 Å². The van der Waals surface area contributed by atoms with Gasteiger partial charge in [-0.15, -0.1) is 0 Å². The van der Waals surface area contributed by atoms with Gasteiger partial charge in [-0.1, -0.05) is 38.1 Å². The Labute approximate surface area is 103 Å². The van der Waals surface area contributed by atoms with Gasteiger partial charge in [0.15, 0.2) is 6.29 Å². The molecule has 0 spiro atoms. The first-order valence-corrected chi connectivity index (χ1v) is 6.35. The second kappa shape index (κ2) is 6.15. The van der Waals surface area contributed by atoms with Gasteiger partial charge in [0.1, 0.15) is 0 Å². The first kappa shape index (κ1) is 12.6. The molecule has 0 unspecified atom stereocenters. The monoisotopic (exact) mass is 235 g/mol. The number of fused-ring (bicyclic) bond motifs is 1. The van der Waals surface area contributed by atoms with Crippen molar-refractivity contribution in [2.24, 2.45) is 0 Å². The quantitative estimate of drug-likeness (QED) is 0.800. The normalized spacial score (nSPS) is 16.9. The maximum Gasteiger partial charge on any atom is 0.171 e. The summed E-state index contributed by atoms with van der Waals surface area (Å²) in [6, 6.07) is 8.32. The van der Waals surface area contributed by atoms with E-state index < -0.39 is 0 Å².